The third kappa shape index (κ3) is 2.76. The van der Waals surface area contributed by atoms with Crippen LogP contribution < -0.4 is 11.5 Å². The molecule has 0 amide bonds. The number of rotatable bonds is 3. The van der Waals surface area contributed by atoms with Gasteiger partial charge in [-0.05, 0) is 36.4 Å². The van der Waals surface area contributed by atoms with Crippen molar-refractivity contribution in [3.8, 4) is 0 Å². The van der Waals surface area contributed by atoms with Crippen LogP contribution in [0.4, 0.5) is 11.4 Å². The first-order valence-electron chi connectivity index (χ1n) is 5.59. The molecule has 102 valence electrons. The molecule has 0 aromatic heterocycles. The number of carbonyl (C=O) groups is 2. The second-order valence-corrected chi connectivity index (χ2v) is 4.95. The summed E-state index contributed by atoms with van der Waals surface area (Å²) >= 11 is 11.5. The summed E-state index contributed by atoms with van der Waals surface area (Å²) in [5.41, 5.74) is 12.0. The van der Waals surface area contributed by atoms with E-state index in [1.54, 1.807) is 0 Å². The lowest BCUT2D eigenvalue weighted by Gasteiger charge is -2.05. The molecule has 20 heavy (non-hydrogen) atoms. The molecule has 0 unspecified atom stereocenters. The number of nitrogens with two attached hydrogens (primary N) is 2. The fraction of sp³-hybridized carbons (Fsp3) is 0. The maximum Gasteiger partial charge on any atom is 0.233 e. The summed E-state index contributed by atoms with van der Waals surface area (Å²) in [4.78, 5) is 24.2. The fourth-order valence-electron chi connectivity index (χ4n) is 1.63. The van der Waals surface area contributed by atoms with Gasteiger partial charge < -0.3 is 11.5 Å². The Morgan fingerprint density at radius 1 is 0.750 bits per heavy atom. The Morgan fingerprint density at radius 2 is 1.10 bits per heavy atom. The zero-order chi connectivity index (χ0) is 14.9. The number of ketones is 2. The number of anilines is 2. The molecule has 0 aliphatic heterocycles. The smallest absolute Gasteiger partial charge is 0.233 e. The molecule has 2 aromatic rings. The largest absolute Gasteiger partial charge is 0.398 e. The van der Waals surface area contributed by atoms with Crippen molar-refractivity contribution < 1.29 is 9.59 Å². The molecule has 0 aliphatic rings. The lowest BCUT2D eigenvalue weighted by Crippen LogP contribution is -2.15. The summed E-state index contributed by atoms with van der Waals surface area (Å²) in [6, 6.07) is 8.54. The zero-order valence-corrected chi connectivity index (χ0v) is 11.7. The second-order valence-electron chi connectivity index (χ2n) is 4.13. The van der Waals surface area contributed by atoms with E-state index in [0.29, 0.717) is 10.0 Å². The van der Waals surface area contributed by atoms with Crippen LogP contribution in [0.5, 0.6) is 0 Å². The molecule has 2 rings (SSSR count). The molecule has 0 radical (unpaired) electrons. The Labute approximate surface area is 125 Å². The van der Waals surface area contributed by atoms with Crippen molar-refractivity contribution in [3.05, 3.63) is 57.6 Å². The number of nitrogen functional groups attached to an aromatic ring is 2. The standard InChI is InChI=1S/C14H10Cl2N2O2/c15-9-3-1-7(5-11(9)17)13(19)14(20)8-2-4-10(16)12(18)6-8/h1-6H,17-18H2. The molecular formula is C14H10Cl2N2O2. The molecule has 0 saturated carbocycles. The van der Waals surface area contributed by atoms with Crippen LogP contribution in [-0.4, -0.2) is 11.6 Å². The molecule has 0 saturated heterocycles. The van der Waals surface area contributed by atoms with Gasteiger partial charge in [-0.15, -0.1) is 0 Å². The van der Waals surface area contributed by atoms with Gasteiger partial charge >= 0.3 is 0 Å². The molecule has 0 atom stereocenters. The van der Waals surface area contributed by atoms with E-state index in [4.69, 9.17) is 34.7 Å². The van der Waals surface area contributed by atoms with E-state index < -0.39 is 11.6 Å². The molecular weight excluding hydrogens is 299 g/mol. The molecule has 6 heteroatoms. The van der Waals surface area contributed by atoms with Crippen LogP contribution in [0.1, 0.15) is 20.7 Å². The van der Waals surface area contributed by atoms with E-state index in [-0.39, 0.29) is 22.5 Å². The third-order valence-corrected chi connectivity index (χ3v) is 3.41. The van der Waals surface area contributed by atoms with Gasteiger partial charge in [0.15, 0.2) is 0 Å². The predicted molar refractivity (Wildman–Crippen MR) is 80.4 cm³/mol. The second kappa shape index (κ2) is 5.53. The maximum absolute atomic E-state index is 12.1. The van der Waals surface area contributed by atoms with Crippen LogP contribution in [-0.2, 0) is 0 Å². The molecule has 0 heterocycles. The fourth-order valence-corrected chi connectivity index (χ4v) is 1.87. The van der Waals surface area contributed by atoms with Gasteiger partial charge in [0.2, 0.25) is 11.6 Å². The Bertz CT molecular complexity index is 653. The summed E-state index contributed by atoms with van der Waals surface area (Å²) in [5.74, 6) is -1.37. The average molecular weight is 309 g/mol. The van der Waals surface area contributed by atoms with E-state index in [1.807, 2.05) is 0 Å². The van der Waals surface area contributed by atoms with Gasteiger partial charge in [-0.3, -0.25) is 9.59 Å². The predicted octanol–water partition coefficient (Wildman–Crippen LogP) is 3.22. The lowest BCUT2D eigenvalue weighted by molar-refractivity contribution is 0.0817. The Balaban J connectivity index is 2.34. The van der Waals surface area contributed by atoms with Crippen LogP contribution in [0.25, 0.3) is 0 Å². The normalized spacial score (nSPS) is 10.3. The quantitative estimate of drug-likeness (QED) is 0.518. The first kappa shape index (κ1) is 14.4. The first-order chi connectivity index (χ1) is 9.40. The maximum atomic E-state index is 12.1. The van der Waals surface area contributed by atoms with E-state index in [0.717, 1.165) is 0 Å². The Morgan fingerprint density at radius 3 is 1.40 bits per heavy atom. The minimum absolute atomic E-state index is 0.172. The van der Waals surface area contributed by atoms with E-state index in [2.05, 4.69) is 0 Å². The molecule has 0 bridgehead atoms. The summed E-state index contributed by atoms with van der Waals surface area (Å²) in [5, 5.41) is 0.648. The van der Waals surface area contributed by atoms with Crippen molar-refractivity contribution in [2.75, 3.05) is 11.5 Å². The van der Waals surface area contributed by atoms with Crippen LogP contribution in [0.3, 0.4) is 0 Å². The number of carbonyl (C=O) groups excluding carboxylic acids is 2. The van der Waals surface area contributed by atoms with E-state index in [9.17, 15) is 9.59 Å². The topological polar surface area (TPSA) is 86.2 Å². The molecule has 4 N–H and O–H groups in total. The highest BCUT2D eigenvalue weighted by Gasteiger charge is 2.19. The number of halogens is 2. The van der Waals surface area contributed by atoms with Gasteiger partial charge in [0.05, 0.1) is 21.4 Å². The van der Waals surface area contributed by atoms with Crippen molar-refractivity contribution >= 4 is 46.1 Å². The van der Waals surface area contributed by atoms with Gasteiger partial charge in [0.1, 0.15) is 0 Å². The minimum atomic E-state index is -0.685. The number of hydrogen-bond donors (Lipinski definition) is 2. The zero-order valence-electron chi connectivity index (χ0n) is 10.2. The molecule has 0 fully saturated rings. The van der Waals surface area contributed by atoms with Crippen molar-refractivity contribution in [2.45, 2.75) is 0 Å². The van der Waals surface area contributed by atoms with E-state index >= 15 is 0 Å². The van der Waals surface area contributed by atoms with E-state index in [1.165, 1.54) is 36.4 Å². The number of Topliss-reactive ketones (excluding diaryl/α,β-unsaturated/α-hetero) is 2. The van der Waals surface area contributed by atoms with Gasteiger partial charge in [0.25, 0.3) is 0 Å². The lowest BCUT2D eigenvalue weighted by atomic mass is 10.0. The molecule has 0 spiro atoms. The highest BCUT2D eigenvalue weighted by atomic mass is 35.5. The average Bonchev–Trinajstić information content (AvgIpc) is 2.43. The Kier molecular flexibility index (Phi) is 3.97. The summed E-state index contributed by atoms with van der Waals surface area (Å²) in [6.07, 6.45) is 0. The molecule has 0 aliphatic carbocycles. The van der Waals surface area contributed by atoms with Gasteiger partial charge in [-0.25, -0.2) is 0 Å². The highest BCUT2D eigenvalue weighted by molar-refractivity contribution is 6.49. The summed E-state index contributed by atoms with van der Waals surface area (Å²) < 4.78 is 0. The van der Waals surface area contributed by atoms with Gasteiger partial charge in [0, 0.05) is 11.1 Å². The van der Waals surface area contributed by atoms with Crippen LogP contribution in [0, 0.1) is 0 Å². The van der Waals surface area contributed by atoms with Crippen LogP contribution in [0.2, 0.25) is 10.0 Å². The first-order valence-corrected chi connectivity index (χ1v) is 6.35. The van der Waals surface area contributed by atoms with Crippen LogP contribution in [0.15, 0.2) is 36.4 Å². The van der Waals surface area contributed by atoms with Gasteiger partial charge in [-0.1, -0.05) is 23.2 Å². The monoisotopic (exact) mass is 308 g/mol. The van der Waals surface area contributed by atoms with Crippen molar-refractivity contribution in [1.82, 2.24) is 0 Å². The van der Waals surface area contributed by atoms with Crippen molar-refractivity contribution in [2.24, 2.45) is 0 Å². The molecule has 2 aromatic carbocycles. The SMILES string of the molecule is Nc1cc(C(=O)C(=O)c2ccc(Cl)c(N)c2)ccc1Cl. The van der Waals surface area contributed by atoms with Crippen molar-refractivity contribution in [1.29, 1.82) is 0 Å². The number of benzene rings is 2. The summed E-state index contributed by atoms with van der Waals surface area (Å²) in [7, 11) is 0. The number of hydrogen-bond acceptors (Lipinski definition) is 4. The molecule has 4 nitrogen and oxygen atoms in total. The van der Waals surface area contributed by atoms with Crippen molar-refractivity contribution in [3.63, 3.8) is 0 Å². The summed E-state index contributed by atoms with van der Waals surface area (Å²) in [6.45, 7) is 0. The van der Waals surface area contributed by atoms with Crippen LogP contribution >= 0.6 is 23.2 Å². The minimum Gasteiger partial charge on any atom is -0.398 e. The third-order valence-electron chi connectivity index (χ3n) is 2.72. The Hall–Kier alpha value is -2.04. The van der Waals surface area contributed by atoms with Gasteiger partial charge in [-0.2, -0.15) is 0 Å². The highest BCUT2D eigenvalue weighted by Crippen LogP contribution is 2.23.